The molecule has 1 heterocycles. The average Bonchev–Trinajstić information content (AvgIpc) is 2.82. The Hall–Kier alpha value is -0.770. The van der Waals surface area contributed by atoms with E-state index in [0.29, 0.717) is 5.82 Å². The zero-order valence-corrected chi connectivity index (χ0v) is 8.19. The van der Waals surface area contributed by atoms with Gasteiger partial charge in [0.05, 0.1) is 0 Å². The number of nitrogen functional groups attached to an aromatic ring is 1. The van der Waals surface area contributed by atoms with E-state index in [1.807, 2.05) is 6.92 Å². The molecule has 2 N–H and O–H groups in total. The molecule has 0 atom stereocenters. The number of rotatable bonds is 2. The number of aromatic nitrogens is 1. The van der Waals surface area contributed by atoms with Gasteiger partial charge >= 0.3 is 0 Å². The van der Waals surface area contributed by atoms with Crippen LogP contribution in [0, 0.1) is 6.92 Å². The Bertz CT molecular complexity index is 290. The minimum Gasteiger partial charge on any atom is -0.383 e. The van der Waals surface area contributed by atoms with Crippen LogP contribution in [0.5, 0.6) is 0 Å². The predicted molar refractivity (Wildman–Crippen MR) is 52.7 cm³/mol. The molecule has 3 nitrogen and oxygen atoms in total. The van der Waals surface area contributed by atoms with Gasteiger partial charge in [-0.25, -0.2) is 0 Å². The Labute approximate surface area is 76.4 Å². The summed E-state index contributed by atoms with van der Waals surface area (Å²) in [6.07, 6.45) is 2.63. The lowest BCUT2D eigenvalue weighted by Gasteiger charge is -2.16. The minimum absolute atomic E-state index is 0.683. The standard InChI is InChI=1S/C8H13N3S/c1-5-7(9)10-12-8(5)11(2)6-3-4-6/h6H,3-4H2,1-2H3,(H2,9,10). The van der Waals surface area contributed by atoms with Crippen LogP contribution >= 0.6 is 11.5 Å². The lowest BCUT2D eigenvalue weighted by Crippen LogP contribution is -2.18. The maximum atomic E-state index is 5.67. The smallest absolute Gasteiger partial charge is 0.142 e. The monoisotopic (exact) mass is 183 g/mol. The molecule has 2 rings (SSSR count). The number of nitrogens with zero attached hydrogens (tertiary/aromatic N) is 2. The van der Waals surface area contributed by atoms with Crippen LogP contribution in [0.4, 0.5) is 10.8 Å². The summed E-state index contributed by atoms with van der Waals surface area (Å²) in [6, 6.07) is 0.739. The van der Waals surface area contributed by atoms with Crippen molar-refractivity contribution < 1.29 is 0 Å². The first kappa shape index (κ1) is 7.86. The van der Waals surface area contributed by atoms with E-state index in [4.69, 9.17) is 5.73 Å². The summed E-state index contributed by atoms with van der Waals surface area (Å²) in [4.78, 5) is 2.30. The van der Waals surface area contributed by atoms with E-state index in [-0.39, 0.29) is 0 Å². The molecule has 0 aliphatic heterocycles. The van der Waals surface area contributed by atoms with Crippen LogP contribution in [-0.2, 0) is 0 Å². The van der Waals surface area contributed by atoms with Gasteiger partial charge in [0.15, 0.2) is 0 Å². The maximum Gasteiger partial charge on any atom is 0.142 e. The van der Waals surface area contributed by atoms with E-state index in [9.17, 15) is 0 Å². The molecular weight excluding hydrogens is 170 g/mol. The SMILES string of the molecule is Cc1c(N)nsc1N(C)C1CC1. The Morgan fingerprint density at radius 2 is 2.25 bits per heavy atom. The third-order valence-electron chi connectivity index (χ3n) is 2.35. The molecule has 4 heteroatoms. The number of hydrogen-bond donors (Lipinski definition) is 1. The summed E-state index contributed by atoms with van der Waals surface area (Å²) < 4.78 is 4.13. The summed E-state index contributed by atoms with van der Waals surface area (Å²) in [6.45, 7) is 2.03. The van der Waals surface area contributed by atoms with Crippen molar-refractivity contribution in [3.63, 3.8) is 0 Å². The number of hydrogen-bond acceptors (Lipinski definition) is 4. The molecule has 0 saturated heterocycles. The Kier molecular flexibility index (Phi) is 1.72. The molecule has 66 valence electrons. The van der Waals surface area contributed by atoms with Gasteiger partial charge in [0.1, 0.15) is 10.8 Å². The highest BCUT2D eigenvalue weighted by Crippen LogP contribution is 2.36. The fourth-order valence-corrected chi connectivity index (χ4v) is 2.14. The van der Waals surface area contributed by atoms with Crippen molar-refractivity contribution >= 4 is 22.4 Å². The molecule has 0 bridgehead atoms. The number of anilines is 2. The van der Waals surface area contributed by atoms with Gasteiger partial charge in [-0.1, -0.05) is 0 Å². The summed E-state index contributed by atoms with van der Waals surface area (Å²) in [5.41, 5.74) is 6.81. The van der Waals surface area contributed by atoms with Crippen molar-refractivity contribution in [3.05, 3.63) is 5.56 Å². The molecule has 0 unspecified atom stereocenters. The summed E-state index contributed by atoms with van der Waals surface area (Å²) in [7, 11) is 2.12. The van der Waals surface area contributed by atoms with Gasteiger partial charge in [0.2, 0.25) is 0 Å². The van der Waals surface area contributed by atoms with E-state index < -0.39 is 0 Å². The van der Waals surface area contributed by atoms with Crippen molar-refractivity contribution in [2.24, 2.45) is 0 Å². The van der Waals surface area contributed by atoms with Gasteiger partial charge in [-0.3, -0.25) is 0 Å². The predicted octanol–water partition coefficient (Wildman–Crippen LogP) is 1.63. The van der Waals surface area contributed by atoms with Crippen LogP contribution in [-0.4, -0.2) is 17.5 Å². The van der Waals surface area contributed by atoms with Gasteiger partial charge in [-0.05, 0) is 31.3 Å². The third-order valence-corrected chi connectivity index (χ3v) is 3.41. The van der Waals surface area contributed by atoms with Gasteiger partial charge in [0.25, 0.3) is 0 Å². The molecular formula is C8H13N3S. The van der Waals surface area contributed by atoms with E-state index in [1.54, 1.807) is 0 Å². The molecule has 1 fully saturated rings. The zero-order valence-electron chi connectivity index (χ0n) is 7.37. The van der Waals surface area contributed by atoms with E-state index in [0.717, 1.165) is 11.6 Å². The topological polar surface area (TPSA) is 42.1 Å². The molecule has 1 saturated carbocycles. The van der Waals surface area contributed by atoms with Crippen molar-refractivity contribution in [3.8, 4) is 0 Å². The van der Waals surface area contributed by atoms with Gasteiger partial charge in [-0.15, -0.1) is 0 Å². The Balaban J connectivity index is 2.25. The average molecular weight is 183 g/mol. The largest absolute Gasteiger partial charge is 0.383 e. The molecule has 1 aromatic rings. The summed E-state index contributed by atoms with van der Waals surface area (Å²) >= 11 is 1.50. The molecule has 1 aliphatic rings. The normalized spacial score (nSPS) is 16.5. The van der Waals surface area contributed by atoms with Crippen LogP contribution < -0.4 is 10.6 Å². The van der Waals surface area contributed by atoms with Crippen LogP contribution in [0.3, 0.4) is 0 Å². The van der Waals surface area contributed by atoms with Crippen LogP contribution in [0.1, 0.15) is 18.4 Å². The lowest BCUT2D eigenvalue weighted by atomic mass is 10.3. The van der Waals surface area contributed by atoms with Crippen LogP contribution in [0.2, 0.25) is 0 Å². The summed E-state index contributed by atoms with van der Waals surface area (Å²) in [5, 5.41) is 1.23. The lowest BCUT2D eigenvalue weighted by molar-refractivity contribution is 0.924. The van der Waals surface area contributed by atoms with Gasteiger partial charge < -0.3 is 10.6 Å². The van der Waals surface area contributed by atoms with Crippen molar-refractivity contribution in [1.29, 1.82) is 0 Å². The molecule has 0 spiro atoms. The van der Waals surface area contributed by atoms with Crippen LogP contribution in [0.25, 0.3) is 0 Å². The first-order chi connectivity index (χ1) is 5.70. The second-order valence-electron chi connectivity index (χ2n) is 3.34. The Morgan fingerprint density at radius 3 is 2.67 bits per heavy atom. The molecule has 0 amide bonds. The maximum absolute atomic E-state index is 5.67. The quantitative estimate of drug-likeness (QED) is 0.757. The Morgan fingerprint density at radius 1 is 1.58 bits per heavy atom. The van der Waals surface area contributed by atoms with Crippen LogP contribution in [0.15, 0.2) is 0 Å². The summed E-state index contributed by atoms with van der Waals surface area (Å²) in [5.74, 6) is 0.683. The number of nitrogens with two attached hydrogens (primary N) is 1. The first-order valence-electron chi connectivity index (χ1n) is 4.14. The van der Waals surface area contributed by atoms with E-state index in [2.05, 4.69) is 16.3 Å². The first-order valence-corrected chi connectivity index (χ1v) is 4.92. The highest BCUT2D eigenvalue weighted by atomic mass is 32.1. The second-order valence-corrected chi connectivity index (χ2v) is 4.09. The van der Waals surface area contributed by atoms with Crippen molar-refractivity contribution in [2.75, 3.05) is 17.7 Å². The highest BCUT2D eigenvalue weighted by Gasteiger charge is 2.28. The minimum atomic E-state index is 0.683. The molecule has 1 aromatic heterocycles. The second kappa shape index (κ2) is 2.62. The fourth-order valence-electron chi connectivity index (χ4n) is 1.30. The van der Waals surface area contributed by atoms with Crippen molar-refractivity contribution in [2.45, 2.75) is 25.8 Å². The zero-order chi connectivity index (χ0) is 8.72. The fraction of sp³-hybridized carbons (Fsp3) is 0.625. The molecule has 1 aliphatic carbocycles. The van der Waals surface area contributed by atoms with Gasteiger partial charge in [-0.2, -0.15) is 4.37 Å². The molecule has 0 radical (unpaired) electrons. The molecule has 12 heavy (non-hydrogen) atoms. The molecule has 0 aromatic carbocycles. The van der Waals surface area contributed by atoms with Gasteiger partial charge in [0, 0.05) is 18.7 Å². The van der Waals surface area contributed by atoms with Crippen molar-refractivity contribution in [1.82, 2.24) is 4.37 Å². The van der Waals surface area contributed by atoms with E-state index in [1.165, 1.54) is 29.4 Å². The van der Waals surface area contributed by atoms with E-state index >= 15 is 0 Å². The third kappa shape index (κ3) is 1.16. The highest BCUT2D eigenvalue weighted by molar-refractivity contribution is 7.10.